The summed E-state index contributed by atoms with van der Waals surface area (Å²) in [6, 6.07) is 78.2. The number of hydrogen-bond acceptors (Lipinski definition) is 4. The summed E-state index contributed by atoms with van der Waals surface area (Å²) in [6.07, 6.45) is 0. The average Bonchev–Trinajstić information content (AvgIpc) is 3.94. The van der Waals surface area contributed by atoms with Crippen LogP contribution in [0, 0.1) is 0 Å². The first-order valence-corrected chi connectivity index (χ1v) is 21.4. The van der Waals surface area contributed by atoms with Gasteiger partial charge in [-0.2, -0.15) is 0 Å². The highest BCUT2D eigenvalue weighted by atomic mass is 32.1. The molecule has 12 rings (SSSR count). The minimum Gasteiger partial charge on any atom is -0.455 e. The van der Waals surface area contributed by atoms with Gasteiger partial charge in [0.1, 0.15) is 16.2 Å². The van der Waals surface area contributed by atoms with E-state index in [9.17, 15) is 0 Å². The Labute approximate surface area is 357 Å². The van der Waals surface area contributed by atoms with Crippen LogP contribution in [0.3, 0.4) is 0 Å². The molecule has 0 amide bonds. The van der Waals surface area contributed by atoms with E-state index in [4.69, 9.17) is 9.40 Å². The molecular formula is C57H36N2OS. The van der Waals surface area contributed by atoms with Gasteiger partial charge in [0.15, 0.2) is 0 Å². The molecule has 12 aromatic rings. The Morgan fingerprint density at radius 1 is 0.393 bits per heavy atom. The van der Waals surface area contributed by atoms with E-state index in [1.807, 2.05) is 0 Å². The van der Waals surface area contributed by atoms with E-state index in [2.05, 4.69) is 223 Å². The molecule has 0 saturated carbocycles. The van der Waals surface area contributed by atoms with Crippen molar-refractivity contribution in [2.24, 2.45) is 0 Å². The van der Waals surface area contributed by atoms with Crippen molar-refractivity contribution >= 4 is 82.1 Å². The lowest BCUT2D eigenvalue weighted by Gasteiger charge is -2.29. The van der Waals surface area contributed by atoms with Crippen LogP contribution >= 0.6 is 11.3 Å². The predicted molar refractivity (Wildman–Crippen MR) is 258 cm³/mol. The molecule has 0 fully saturated rings. The van der Waals surface area contributed by atoms with Crippen LogP contribution < -0.4 is 4.90 Å². The third-order valence-electron chi connectivity index (χ3n) is 11.9. The van der Waals surface area contributed by atoms with Gasteiger partial charge in [-0.25, -0.2) is 4.98 Å². The number of thiazole rings is 1. The number of furan rings is 1. The number of benzene rings is 10. The lowest BCUT2D eigenvalue weighted by Crippen LogP contribution is -2.11. The van der Waals surface area contributed by atoms with E-state index in [0.717, 1.165) is 87.8 Å². The molecule has 0 aliphatic heterocycles. The predicted octanol–water partition coefficient (Wildman–Crippen LogP) is 16.6. The van der Waals surface area contributed by atoms with Crippen LogP contribution in [0.15, 0.2) is 223 Å². The SMILES string of the molecule is c1ccc(-c2ccc(N(c3ccc(-c4ccccc4)cc3)c3cc4c(cc3-c3ccc(-c5nc6ccccc6s5)c5ccccc35)oc3c5ccccc5ccc43)cc2)cc1. The molecule has 2 heterocycles. The average molecular weight is 797 g/mol. The van der Waals surface area contributed by atoms with Crippen molar-refractivity contribution in [3.05, 3.63) is 218 Å². The van der Waals surface area contributed by atoms with Crippen LogP contribution in [0.5, 0.6) is 0 Å². The summed E-state index contributed by atoms with van der Waals surface area (Å²) in [4.78, 5) is 7.51. The Bertz CT molecular complexity index is 3460. The Kier molecular flexibility index (Phi) is 8.36. The highest BCUT2D eigenvalue weighted by molar-refractivity contribution is 7.21. The Hall–Kier alpha value is -7.79. The number of rotatable bonds is 7. The fourth-order valence-electron chi connectivity index (χ4n) is 8.94. The van der Waals surface area contributed by atoms with Crippen LogP contribution in [0.1, 0.15) is 0 Å². The molecule has 0 saturated heterocycles. The zero-order chi connectivity index (χ0) is 40.3. The molecule has 0 aliphatic carbocycles. The molecule has 10 aromatic carbocycles. The van der Waals surface area contributed by atoms with Gasteiger partial charge in [0, 0.05) is 38.7 Å². The van der Waals surface area contributed by atoms with Crippen molar-refractivity contribution in [1.29, 1.82) is 0 Å². The second-order valence-electron chi connectivity index (χ2n) is 15.5. The summed E-state index contributed by atoms with van der Waals surface area (Å²) in [5, 5.41) is 7.76. The lowest BCUT2D eigenvalue weighted by atomic mass is 9.92. The summed E-state index contributed by atoms with van der Waals surface area (Å²) < 4.78 is 8.10. The fourth-order valence-corrected chi connectivity index (χ4v) is 9.95. The number of nitrogens with zero attached hydrogens (tertiary/aromatic N) is 2. The van der Waals surface area contributed by atoms with E-state index < -0.39 is 0 Å². The molecule has 286 valence electrons. The molecule has 3 nitrogen and oxygen atoms in total. The highest BCUT2D eigenvalue weighted by Gasteiger charge is 2.24. The maximum absolute atomic E-state index is 6.92. The monoisotopic (exact) mass is 796 g/mol. The topological polar surface area (TPSA) is 29.3 Å². The molecule has 61 heavy (non-hydrogen) atoms. The van der Waals surface area contributed by atoms with Crippen molar-refractivity contribution in [2.75, 3.05) is 4.90 Å². The van der Waals surface area contributed by atoms with Gasteiger partial charge in [-0.15, -0.1) is 11.3 Å². The number of para-hydroxylation sites is 1. The Balaban J connectivity index is 1.13. The molecule has 0 radical (unpaired) electrons. The van der Waals surface area contributed by atoms with Crippen LogP contribution in [-0.4, -0.2) is 4.98 Å². The summed E-state index contributed by atoms with van der Waals surface area (Å²) in [7, 11) is 0. The largest absolute Gasteiger partial charge is 0.455 e. The summed E-state index contributed by atoms with van der Waals surface area (Å²) >= 11 is 1.74. The molecule has 0 atom stereocenters. The summed E-state index contributed by atoms with van der Waals surface area (Å²) in [6.45, 7) is 0. The third-order valence-corrected chi connectivity index (χ3v) is 13.0. The molecular weight excluding hydrogens is 761 g/mol. The van der Waals surface area contributed by atoms with Crippen LogP contribution in [0.4, 0.5) is 17.1 Å². The minimum atomic E-state index is 0.850. The smallest absolute Gasteiger partial charge is 0.143 e. The zero-order valence-electron chi connectivity index (χ0n) is 33.0. The van der Waals surface area contributed by atoms with Gasteiger partial charge in [0.2, 0.25) is 0 Å². The van der Waals surface area contributed by atoms with Crippen molar-refractivity contribution in [1.82, 2.24) is 4.98 Å². The van der Waals surface area contributed by atoms with Crippen LogP contribution in [0.2, 0.25) is 0 Å². The first-order chi connectivity index (χ1) is 30.2. The Morgan fingerprint density at radius 3 is 1.62 bits per heavy atom. The van der Waals surface area contributed by atoms with E-state index in [-0.39, 0.29) is 0 Å². The summed E-state index contributed by atoms with van der Waals surface area (Å²) in [5.74, 6) is 0. The molecule has 0 aliphatic rings. The number of fused-ring (bicyclic) bond motifs is 7. The van der Waals surface area contributed by atoms with E-state index >= 15 is 0 Å². The van der Waals surface area contributed by atoms with Crippen molar-refractivity contribution in [2.45, 2.75) is 0 Å². The molecule has 0 spiro atoms. The van der Waals surface area contributed by atoms with Gasteiger partial charge in [-0.3, -0.25) is 0 Å². The minimum absolute atomic E-state index is 0.850. The van der Waals surface area contributed by atoms with Gasteiger partial charge in [-0.1, -0.05) is 164 Å². The standard InChI is InChI=1S/C57H36N2OS/c1-3-13-37(14-4-1)39-23-28-42(29-24-39)59(43-30-25-40(26-31-43)38-15-5-2-6-16-38)53-35-51-48-32-27-41-17-7-8-18-44(41)56(48)60-54(51)36-50(53)47-33-34-49(46-20-10-9-19-45(46)47)57-58-52-21-11-12-22-55(52)61-57/h1-36H. The number of aromatic nitrogens is 1. The van der Waals surface area contributed by atoms with Crippen LogP contribution in [0.25, 0.3) is 97.7 Å². The van der Waals surface area contributed by atoms with E-state index in [1.165, 1.54) is 27.0 Å². The van der Waals surface area contributed by atoms with Gasteiger partial charge in [0.05, 0.1) is 15.9 Å². The maximum Gasteiger partial charge on any atom is 0.143 e. The lowest BCUT2D eigenvalue weighted by molar-refractivity contribution is 0.673. The van der Waals surface area contributed by atoms with Gasteiger partial charge >= 0.3 is 0 Å². The first kappa shape index (κ1) is 35.2. The van der Waals surface area contributed by atoms with Gasteiger partial charge in [0.25, 0.3) is 0 Å². The molecule has 4 heteroatoms. The van der Waals surface area contributed by atoms with E-state index in [0.29, 0.717) is 0 Å². The molecule has 0 bridgehead atoms. The molecule has 0 unspecified atom stereocenters. The summed E-state index contributed by atoms with van der Waals surface area (Å²) in [5.41, 5.74) is 14.0. The third kappa shape index (κ3) is 6.07. The first-order valence-electron chi connectivity index (χ1n) is 20.6. The Morgan fingerprint density at radius 2 is 0.951 bits per heavy atom. The fraction of sp³-hybridized carbons (Fsp3) is 0. The highest BCUT2D eigenvalue weighted by Crippen LogP contribution is 2.48. The van der Waals surface area contributed by atoms with Gasteiger partial charge in [-0.05, 0) is 98.6 Å². The van der Waals surface area contributed by atoms with E-state index in [1.54, 1.807) is 11.3 Å². The van der Waals surface area contributed by atoms with Crippen molar-refractivity contribution in [3.63, 3.8) is 0 Å². The molecule has 0 N–H and O–H groups in total. The zero-order valence-corrected chi connectivity index (χ0v) is 33.8. The quantitative estimate of drug-likeness (QED) is 0.161. The van der Waals surface area contributed by atoms with Crippen LogP contribution in [-0.2, 0) is 0 Å². The number of anilines is 3. The van der Waals surface area contributed by atoms with Gasteiger partial charge < -0.3 is 9.32 Å². The second-order valence-corrected chi connectivity index (χ2v) is 16.5. The maximum atomic E-state index is 6.92. The second kappa shape index (κ2) is 14.5. The number of hydrogen-bond donors (Lipinski definition) is 0. The normalized spacial score (nSPS) is 11.6. The molecule has 2 aromatic heterocycles. The van der Waals surface area contributed by atoms with Crippen molar-refractivity contribution < 1.29 is 4.42 Å². The van der Waals surface area contributed by atoms with Crippen molar-refractivity contribution in [3.8, 4) is 44.0 Å².